The van der Waals surface area contributed by atoms with Gasteiger partial charge in [0.2, 0.25) is 0 Å². The minimum Gasteiger partial charge on any atom is -0.468 e. The molecule has 0 bridgehead atoms. The summed E-state index contributed by atoms with van der Waals surface area (Å²) in [7, 11) is 0. The van der Waals surface area contributed by atoms with Crippen LogP contribution in [0.4, 0.5) is 0 Å². The largest absolute Gasteiger partial charge is 0.468 e. The SMILES string of the molecule is C/C(CN(Cc1ccccc1)Cc1ccco1)=N\Oc1ccccc1C#N. The molecule has 0 N–H and O–H groups in total. The lowest BCUT2D eigenvalue weighted by Crippen LogP contribution is -2.28. The van der Waals surface area contributed by atoms with Gasteiger partial charge in [-0.25, -0.2) is 0 Å². The van der Waals surface area contributed by atoms with Gasteiger partial charge in [0.1, 0.15) is 11.8 Å². The molecule has 0 amide bonds. The van der Waals surface area contributed by atoms with E-state index in [4.69, 9.17) is 14.5 Å². The van der Waals surface area contributed by atoms with Gasteiger partial charge < -0.3 is 9.25 Å². The zero-order chi connectivity index (χ0) is 18.9. The zero-order valence-electron chi connectivity index (χ0n) is 15.2. The molecule has 0 aliphatic heterocycles. The summed E-state index contributed by atoms with van der Waals surface area (Å²) >= 11 is 0. The summed E-state index contributed by atoms with van der Waals surface area (Å²) in [6.45, 7) is 3.96. The van der Waals surface area contributed by atoms with Crippen molar-refractivity contribution in [1.29, 1.82) is 5.26 Å². The molecule has 1 aromatic heterocycles. The molecule has 136 valence electrons. The summed E-state index contributed by atoms with van der Waals surface area (Å²) in [6, 6.07) is 23.3. The van der Waals surface area contributed by atoms with Crippen LogP contribution in [0, 0.1) is 11.3 Å². The van der Waals surface area contributed by atoms with E-state index in [1.807, 2.05) is 43.3 Å². The molecule has 5 nitrogen and oxygen atoms in total. The monoisotopic (exact) mass is 359 g/mol. The van der Waals surface area contributed by atoms with E-state index in [2.05, 4.69) is 28.3 Å². The van der Waals surface area contributed by atoms with Crippen LogP contribution < -0.4 is 4.84 Å². The summed E-state index contributed by atoms with van der Waals surface area (Å²) in [6.07, 6.45) is 1.68. The second kappa shape index (κ2) is 9.37. The molecule has 3 rings (SSSR count). The fourth-order valence-electron chi connectivity index (χ4n) is 2.75. The number of furan rings is 1. The predicted octanol–water partition coefficient (Wildman–Crippen LogP) is 4.61. The first kappa shape index (κ1) is 18.4. The van der Waals surface area contributed by atoms with Gasteiger partial charge in [-0.1, -0.05) is 47.6 Å². The third-order valence-corrected chi connectivity index (χ3v) is 3.97. The van der Waals surface area contributed by atoms with E-state index in [-0.39, 0.29) is 0 Å². The van der Waals surface area contributed by atoms with Gasteiger partial charge in [-0.2, -0.15) is 5.26 Å². The van der Waals surface area contributed by atoms with Crippen molar-refractivity contribution in [3.05, 3.63) is 89.9 Å². The van der Waals surface area contributed by atoms with Crippen molar-refractivity contribution < 1.29 is 9.25 Å². The van der Waals surface area contributed by atoms with Gasteiger partial charge in [-0.15, -0.1) is 0 Å². The maximum atomic E-state index is 9.14. The molecule has 0 aliphatic rings. The van der Waals surface area contributed by atoms with Crippen molar-refractivity contribution >= 4 is 5.71 Å². The minimum absolute atomic E-state index is 0.458. The van der Waals surface area contributed by atoms with Gasteiger partial charge >= 0.3 is 0 Å². The minimum atomic E-state index is 0.458. The number of hydrogen-bond acceptors (Lipinski definition) is 5. The molecule has 5 heteroatoms. The molecule has 27 heavy (non-hydrogen) atoms. The number of para-hydroxylation sites is 1. The molecule has 0 atom stereocenters. The van der Waals surface area contributed by atoms with Crippen molar-refractivity contribution in [2.24, 2.45) is 5.16 Å². The Kier molecular flexibility index (Phi) is 6.40. The Morgan fingerprint density at radius 1 is 1.04 bits per heavy atom. The van der Waals surface area contributed by atoms with Crippen molar-refractivity contribution in [3.8, 4) is 11.8 Å². The van der Waals surface area contributed by atoms with Crippen molar-refractivity contribution in [2.45, 2.75) is 20.0 Å². The second-order valence-corrected chi connectivity index (χ2v) is 6.24. The summed E-state index contributed by atoms with van der Waals surface area (Å²) in [4.78, 5) is 7.72. The molecule has 0 radical (unpaired) electrons. The second-order valence-electron chi connectivity index (χ2n) is 6.24. The van der Waals surface area contributed by atoms with E-state index in [1.165, 1.54) is 5.56 Å². The van der Waals surface area contributed by atoms with Gasteiger partial charge in [0.25, 0.3) is 0 Å². The lowest BCUT2D eigenvalue weighted by atomic mass is 10.2. The normalized spacial score (nSPS) is 11.4. The van der Waals surface area contributed by atoms with Crippen LogP contribution in [0.5, 0.6) is 5.75 Å². The van der Waals surface area contributed by atoms with Crippen LogP contribution in [0.15, 0.2) is 82.6 Å². The van der Waals surface area contributed by atoms with Crippen molar-refractivity contribution in [2.75, 3.05) is 6.54 Å². The maximum Gasteiger partial charge on any atom is 0.175 e. The summed E-state index contributed by atoms with van der Waals surface area (Å²) < 4.78 is 5.49. The molecule has 0 unspecified atom stereocenters. The first-order valence-electron chi connectivity index (χ1n) is 8.73. The van der Waals surface area contributed by atoms with E-state index < -0.39 is 0 Å². The third kappa shape index (κ3) is 5.56. The number of nitrogens with zero attached hydrogens (tertiary/aromatic N) is 3. The molecular weight excluding hydrogens is 338 g/mol. The number of benzene rings is 2. The van der Waals surface area contributed by atoms with Gasteiger partial charge in [0.05, 0.1) is 24.1 Å². The molecule has 0 saturated carbocycles. The first-order valence-corrected chi connectivity index (χ1v) is 8.73. The Bertz CT molecular complexity index is 912. The van der Waals surface area contributed by atoms with E-state index in [9.17, 15) is 0 Å². The predicted molar refractivity (Wildman–Crippen MR) is 104 cm³/mol. The van der Waals surface area contributed by atoms with Gasteiger partial charge in [-0.05, 0) is 36.8 Å². The standard InChI is InChI=1S/C22H21N3O2/c1-18(24-27-22-12-6-5-10-20(22)14-23)15-25(17-21-11-7-13-26-21)16-19-8-3-2-4-9-19/h2-13H,15-17H2,1H3/b24-18+. The smallest absolute Gasteiger partial charge is 0.175 e. The molecule has 0 saturated heterocycles. The Labute approximate surface area is 159 Å². The molecule has 0 spiro atoms. The molecule has 1 heterocycles. The van der Waals surface area contributed by atoms with Crippen LogP contribution in [-0.2, 0) is 13.1 Å². The Hall–Kier alpha value is -3.36. The number of oxime groups is 1. The van der Waals surface area contributed by atoms with Crippen LogP contribution >= 0.6 is 0 Å². The average Bonchev–Trinajstić information content (AvgIpc) is 3.20. The van der Waals surface area contributed by atoms with Gasteiger partial charge in [0.15, 0.2) is 5.75 Å². The highest BCUT2D eigenvalue weighted by atomic mass is 16.6. The highest BCUT2D eigenvalue weighted by Crippen LogP contribution is 2.17. The van der Waals surface area contributed by atoms with Crippen molar-refractivity contribution in [1.82, 2.24) is 4.90 Å². The highest BCUT2D eigenvalue weighted by molar-refractivity contribution is 5.83. The Morgan fingerprint density at radius 3 is 2.56 bits per heavy atom. The summed E-state index contributed by atoms with van der Waals surface area (Å²) in [5.74, 6) is 1.36. The highest BCUT2D eigenvalue weighted by Gasteiger charge is 2.11. The fourth-order valence-corrected chi connectivity index (χ4v) is 2.75. The topological polar surface area (TPSA) is 61.8 Å². The zero-order valence-corrected chi connectivity index (χ0v) is 15.2. The molecule has 0 fully saturated rings. The molecular formula is C22H21N3O2. The third-order valence-electron chi connectivity index (χ3n) is 3.97. The lowest BCUT2D eigenvalue weighted by Gasteiger charge is -2.21. The lowest BCUT2D eigenvalue weighted by molar-refractivity contribution is 0.262. The molecule has 3 aromatic rings. The summed E-state index contributed by atoms with van der Waals surface area (Å²) in [5.41, 5.74) is 2.49. The van der Waals surface area contributed by atoms with Crippen LogP contribution in [0.25, 0.3) is 0 Å². The maximum absolute atomic E-state index is 9.14. The fraction of sp³-hybridized carbons (Fsp3) is 0.182. The first-order chi connectivity index (χ1) is 13.2. The summed E-state index contributed by atoms with van der Waals surface area (Å²) in [5, 5.41) is 13.3. The Balaban J connectivity index is 1.69. The molecule has 2 aromatic carbocycles. The number of hydrogen-bond donors (Lipinski definition) is 0. The van der Waals surface area contributed by atoms with Crippen molar-refractivity contribution in [3.63, 3.8) is 0 Å². The van der Waals surface area contributed by atoms with E-state index in [0.29, 0.717) is 24.4 Å². The Morgan fingerprint density at radius 2 is 1.81 bits per heavy atom. The van der Waals surface area contributed by atoms with Crippen LogP contribution in [0.2, 0.25) is 0 Å². The number of rotatable bonds is 8. The van der Waals surface area contributed by atoms with E-state index >= 15 is 0 Å². The van der Waals surface area contributed by atoms with Crippen LogP contribution in [0.3, 0.4) is 0 Å². The molecule has 0 aliphatic carbocycles. The number of nitriles is 1. The average molecular weight is 359 g/mol. The van der Waals surface area contributed by atoms with Gasteiger partial charge in [0, 0.05) is 13.1 Å². The van der Waals surface area contributed by atoms with E-state index in [0.717, 1.165) is 18.0 Å². The van der Waals surface area contributed by atoms with Crippen LogP contribution in [0.1, 0.15) is 23.8 Å². The van der Waals surface area contributed by atoms with Gasteiger partial charge in [-0.3, -0.25) is 4.90 Å². The van der Waals surface area contributed by atoms with Crippen LogP contribution in [-0.4, -0.2) is 17.2 Å². The van der Waals surface area contributed by atoms with E-state index in [1.54, 1.807) is 24.5 Å². The quantitative estimate of drug-likeness (QED) is 0.435.